The average Bonchev–Trinajstić information content (AvgIpc) is 2.18. The fraction of sp³-hybridized carbons (Fsp3) is 0.615. The molecule has 0 amide bonds. The Hall–Kier alpha value is -1.09. The van der Waals surface area contributed by atoms with E-state index < -0.39 is 0 Å². The molecule has 2 fully saturated rings. The van der Waals surface area contributed by atoms with E-state index >= 15 is 0 Å². The minimum absolute atomic E-state index is 0. The summed E-state index contributed by atoms with van der Waals surface area (Å²) in [5.41, 5.74) is 2.44. The third-order valence-electron chi connectivity index (χ3n) is 3.80. The molecule has 2 atom stereocenters. The highest BCUT2D eigenvalue weighted by molar-refractivity contribution is 5.47. The molecule has 3 heteroatoms. The Bertz CT molecular complexity index is 387. The molecule has 1 aromatic rings. The maximum absolute atomic E-state index is 4.65. The van der Waals surface area contributed by atoms with Crippen LogP contribution < -0.4 is 10.2 Å². The van der Waals surface area contributed by atoms with E-state index in [9.17, 15) is 0 Å². The van der Waals surface area contributed by atoms with E-state index in [1.165, 1.54) is 30.9 Å². The van der Waals surface area contributed by atoms with Crippen LogP contribution >= 0.6 is 0 Å². The van der Waals surface area contributed by atoms with Crippen LogP contribution in [-0.4, -0.2) is 30.7 Å². The molecule has 0 bridgehead atoms. The van der Waals surface area contributed by atoms with Crippen LogP contribution in [0.3, 0.4) is 0 Å². The van der Waals surface area contributed by atoms with E-state index in [0.717, 1.165) is 18.2 Å². The van der Waals surface area contributed by atoms with Gasteiger partial charge in [0.15, 0.2) is 0 Å². The zero-order valence-corrected chi connectivity index (χ0v) is 10.0. The van der Waals surface area contributed by atoms with Gasteiger partial charge in [0.1, 0.15) is 5.82 Å². The first kappa shape index (κ1) is 10.1. The predicted molar refractivity (Wildman–Crippen MR) is 67.9 cm³/mol. The number of pyridine rings is 1. The molecule has 2 saturated heterocycles. The summed E-state index contributed by atoms with van der Waals surface area (Å²) in [6.07, 6.45) is 1.33. The number of anilines is 1. The van der Waals surface area contributed by atoms with Crippen molar-refractivity contribution in [3.05, 3.63) is 23.4 Å². The van der Waals surface area contributed by atoms with Gasteiger partial charge in [0.2, 0.25) is 0 Å². The van der Waals surface area contributed by atoms with Crippen molar-refractivity contribution in [1.29, 1.82) is 0 Å². The molecule has 3 heterocycles. The first-order valence-electron chi connectivity index (χ1n) is 6.17. The van der Waals surface area contributed by atoms with Gasteiger partial charge in [-0.25, -0.2) is 4.98 Å². The molecule has 3 rings (SSSR count). The Morgan fingerprint density at radius 1 is 1.44 bits per heavy atom. The molecule has 88 valence electrons. The number of piperidine rings is 1. The highest BCUT2D eigenvalue weighted by atomic mass is 15.3. The lowest BCUT2D eigenvalue weighted by molar-refractivity contribution is 0.227. The van der Waals surface area contributed by atoms with Crippen molar-refractivity contribution in [3.63, 3.8) is 0 Å². The molecule has 3 nitrogen and oxygen atoms in total. The van der Waals surface area contributed by atoms with Crippen molar-refractivity contribution in [1.82, 2.24) is 10.3 Å². The lowest BCUT2D eigenvalue weighted by Gasteiger charge is -2.51. The topological polar surface area (TPSA) is 28.2 Å². The van der Waals surface area contributed by atoms with Gasteiger partial charge in [-0.05, 0) is 50.4 Å². The molecule has 1 N–H and O–H groups in total. The Balaban J connectivity index is 0.00000108. The summed E-state index contributed by atoms with van der Waals surface area (Å²) in [5, 5.41) is 3.48. The average molecular weight is 219 g/mol. The van der Waals surface area contributed by atoms with Gasteiger partial charge in [-0.15, -0.1) is 0 Å². The Morgan fingerprint density at radius 3 is 3.06 bits per heavy atom. The predicted octanol–water partition coefficient (Wildman–Crippen LogP) is 1.74. The number of fused-ring (bicyclic) bond motifs is 1. The Labute approximate surface area is 98.4 Å². The third-order valence-corrected chi connectivity index (χ3v) is 3.80. The van der Waals surface area contributed by atoms with E-state index in [-0.39, 0.29) is 1.43 Å². The van der Waals surface area contributed by atoms with E-state index in [2.05, 4.69) is 41.2 Å². The molecule has 16 heavy (non-hydrogen) atoms. The van der Waals surface area contributed by atoms with Crippen LogP contribution in [0, 0.1) is 19.8 Å². The number of nitrogens with one attached hydrogen (secondary N) is 1. The van der Waals surface area contributed by atoms with Gasteiger partial charge in [0.05, 0.1) is 0 Å². The van der Waals surface area contributed by atoms with E-state index in [1.54, 1.807) is 0 Å². The van der Waals surface area contributed by atoms with E-state index in [4.69, 9.17) is 0 Å². The molecular weight excluding hydrogens is 198 g/mol. The maximum atomic E-state index is 4.65. The van der Waals surface area contributed by atoms with Crippen molar-refractivity contribution in [2.24, 2.45) is 5.92 Å². The van der Waals surface area contributed by atoms with Crippen LogP contribution in [0.4, 0.5) is 5.82 Å². The number of hydrogen-bond donors (Lipinski definition) is 1. The van der Waals surface area contributed by atoms with Crippen LogP contribution in [0.25, 0.3) is 0 Å². The van der Waals surface area contributed by atoms with Crippen molar-refractivity contribution in [2.75, 3.05) is 24.5 Å². The van der Waals surface area contributed by atoms with Gasteiger partial charge in [0.25, 0.3) is 0 Å². The Kier molecular flexibility index (Phi) is 2.36. The SMILES string of the molecule is Cc1cc(C)nc(N2C[C@@H]3CCNC[C@@H]32)c1.[HH]. The quantitative estimate of drug-likeness (QED) is 0.780. The first-order valence-corrected chi connectivity index (χ1v) is 6.17. The fourth-order valence-electron chi connectivity index (χ4n) is 2.95. The molecule has 2 aliphatic rings. The van der Waals surface area contributed by atoms with Gasteiger partial charge in [-0.2, -0.15) is 0 Å². The van der Waals surface area contributed by atoms with Crippen LogP contribution in [-0.2, 0) is 0 Å². The van der Waals surface area contributed by atoms with Crippen LogP contribution in [0.5, 0.6) is 0 Å². The minimum Gasteiger partial charge on any atom is -0.352 e. The lowest BCUT2D eigenvalue weighted by atomic mass is 9.83. The molecule has 2 aliphatic heterocycles. The first-order chi connectivity index (χ1) is 7.74. The second-order valence-corrected chi connectivity index (χ2v) is 5.12. The van der Waals surface area contributed by atoms with Crippen molar-refractivity contribution < 1.29 is 1.43 Å². The zero-order valence-electron chi connectivity index (χ0n) is 10.0. The molecule has 0 radical (unpaired) electrons. The summed E-state index contributed by atoms with van der Waals surface area (Å²) in [7, 11) is 0. The summed E-state index contributed by atoms with van der Waals surface area (Å²) in [6, 6.07) is 5.03. The molecule has 0 aliphatic carbocycles. The van der Waals surface area contributed by atoms with Crippen LogP contribution in [0.15, 0.2) is 12.1 Å². The molecular formula is C13H21N3. The fourth-order valence-corrected chi connectivity index (χ4v) is 2.95. The smallest absolute Gasteiger partial charge is 0.129 e. The lowest BCUT2D eigenvalue weighted by Crippen LogP contribution is -2.64. The summed E-state index contributed by atoms with van der Waals surface area (Å²) in [4.78, 5) is 7.10. The highest BCUT2D eigenvalue weighted by Crippen LogP contribution is 2.33. The summed E-state index contributed by atoms with van der Waals surface area (Å²) in [6.45, 7) is 7.73. The molecule has 0 saturated carbocycles. The number of nitrogens with zero attached hydrogens (tertiary/aromatic N) is 2. The summed E-state index contributed by atoms with van der Waals surface area (Å²) in [5.74, 6) is 2.06. The molecule has 0 unspecified atom stereocenters. The van der Waals surface area contributed by atoms with Crippen LogP contribution in [0.1, 0.15) is 19.1 Å². The summed E-state index contributed by atoms with van der Waals surface area (Å²) < 4.78 is 0. The standard InChI is InChI=1S/C13H19N3.H2/c1-9-5-10(2)15-13(6-9)16-8-11-3-4-14-7-12(11)16;/h5-6,11-12,14H,3-4,7-8H2,1-2H3;1H/t11-,12-;/m0./s1. The van der Waals surface area contributed by atoms with Gasteiger partial charge >= 0.3 is 0 Å². The second-order valence-electron chi connectivity index (χ2n) is 5.12. The molecule has 0 aromatic carbocycles. The molecule has 0 spiro atoms. The number of aromatic nitrogens is 1. The number of rotatable bonds is 1. The number of aryl methyl sites for hydroxylation is 2. The van der Waals surface area contributed by atoms with Gasteiger partial charge in [0, 0.05) is 26.3 Å². The third kappa shape index (κ3) is 1.59. The maximum Gasteiger partial charge on any atom is 0.129 e. The van der Waals surface area contributed by atoms with Crippen molar-refractivity contribution in [3.8, 4) is 0 Å². The monoisotopic (exact) mass is 219 g/mol. The van der Waals surface area contributed by atoms with E-state index in [0.29, 0.717) is 6.04 Å². The van der Waals surface area contributed by atoms with Gasteiger partial charge in [-0.3, -0.25) is 0 Å². The largest absolute Gasteiger partial charge is 0.352 e. The van der Waals surface area contributed by atoms with E-state index in [1.807, 2.05) is 0 Å². The highest BCUT2D eigenvalue weighted by Gasteiger charge is 2.40. The van der Waals surface area contributed by atoms with Crippen LogP contribution in [0.2, 0.25) is 0 Å². The second kappa shape index (κ2) is 3.74. The Morgan fingerprint density at radius 2 is 2.31 bits per heavy atom. The van der Waals surface area contributed by atoms with Gasteiger partial charge < -0.3 is 10.2 Å². The summed E-state index contributed by atoms with van der Waals surface area (Å²) >= 11 is 0. The van der Waals surface area contributed by atoms with Crippen molar-refractivity contribution >= 4 is 5.82 Å². The molecule has 1 aromatic heterocycles. The normalized spacial score (nSPS) is 28.5. The zero-order chi connectivity index (χ0) is 11.1. The van der Waals surface area contributed by atoms with Gasteiger partial charge in [-0.1, -0.05) is 0 Å². The minimum atomic E-state index is 0. The van der Waals surface area contributed by atoms with Crippen molar-refractivity contribution in [2.45, 2.75) is 26.3 Å². The number of hydrogen-bond acceptors (Lipinski definition) is 3.